The molecule has 0 saturated heterocycles. The van der Waals surface area contributed by atoms with Crippen LogP contribution in [0.2, 0.25) is 0 Å². The normalized spacial score (nSPS) is 28.0. The molecule has 96 valence electrons. The molecule has 5 heteroatoms. The van der Waals surface area contributed by atoms with E-state index in [1.54, 1.807) is 4.90 Å². The Morgan fingerprint density at radius 1 is 1.53 bits per heavy atom. The van der Waals surface area contributed by atoms with Crippen molar-refractivity contribution in [1.82, 2.24) is 4.90 Å². The van der Waals surface area contributed by atoms with Crippen LogP contribution in [-0.4, -0.2) is 43.7 Å². The molecule has 0 spiro atoms. The van der Waals surface area contributed by atoms with Crippen molar-refractivity contribution in [2.24, 2.45) is 11.7 Å². The van der Waals surface area contributed by atoms with Crippen molar-refractivity contribution in [2.75, 3.05) is 26.8 Å². The van der Waals surface area contributed by atoms with Crippen molar-refractivity contribution in [3.05, 3.63) is 12.0 Å². The molecule has 0 aromatic carbocycles. The van der Waals surface area contributed by atoms with Gasteiger partial charge in [0.05, 0.1) is 0 Å². The van der Waals surface area contributed by atoms with Gasteiger partial charge in [0.15, 0.2) is 0 Å². The summed E-state index contributed by atoms with van der Waals surface area (Å²) in [5.41, 5.74) is 5.73. The highest BCUT2D eigenvalue weighted by Gasteiger charge is 2.33. The second kappa shape index (κ2) is 5.40. The molecular formula is C12H20N2O3. The molecule has 0 aromatic rings. The van der Waals surface area contributed by atoms with Crippen molar-refractivity contribution in [2.45, 2.75) is 25.3 Å². The van der Waals surface area contributed by atoms with Crippen LogP contribution >= 0.6 is 0 Å². The zero-order valence-electron chi connectivity index (χ0n) is 10.2. The first kappa shape index (κ1) is 12.2. The van der Waals surface area contributed by atoms with Crippen LogP contribution in [0.3, 0.4) is 0 Å². The number of nitrogens with two attached hydrogens (primary N) is 1. The molecule has 2 aliphatic rings. The zero-order chi connectivity index (χ0) is 12.3. The molecule has 1 aliphatic heterocycles. The van der Waals surface area contributed by atoms with E-state index in [0.29, 0.717) is 31.4 Å². The third kappa shape index (κ3) is 2.54. The fraction of sp³-hybridized carbons (Fsp3) is 0.750. The van der Waals surface area contributed by atoms with Crippen LogP contribution in [0.25, 0.3) is 0 Å². The van der Waals surface area contributed by atoms with E-state index in [1.807, 2.05) is 7.05 Å². The summed E-state index contributed by atoms with van der Waals surface area (Å²) in [6.45, 7) is 1.59. The van der Waals surface area contributed by atoms with E-state index < -0.39 is 0 Å². The quantitative estimate of drug-likeness (QED) is 0.778. The van der Waals surface area contributed by atoms with E-state index in [9.17, 15) is 4.79 Å². The number of amides is 1. The Balaban J connectivity index is 2.01. The van der Waals surface area contributed by atoms with Crippen molar-refractivity contribution in [3.63, 3.8) is 0 Å². The maximum Gasteiger partial charge on any atom is 0.292 e. The molecular weight excluding hydrogens is 220 g/mol. The largest absolute Gasteiger partial charge is 0.494 e. The number of hydrogen-bond acceptors (Lipinski definition) is 4. The highest BCUT2D eigenvalue weighted by atomic mass is 16.6. The number of carbonyl (C=O) groups excluding carboxylic acids is 1. The molecule has 2 unspecified atom stereocenters. The van der Waals surface area contributed by atoms with Crippen molar-refractivity contribution >= 4 is 5.91 Å². The highest BCUT2D eigenvalue weighted by molar-refractivity contribution is 5.91. The van der Waals surface area contributed by atoms with E-state index in [0.717, 1.165) is 19.3 Å². The molecule has 1 aliphatic carbocycles. The Bertz CT molecular complexity index is 317. The summed E-state index contributed by atoms with van der Waals surface area (Å²) in [4.78, 5) is 13.9. The summed E-state index contributed by atoms with van der Waals surface area (Å²) in [7, 11) is 1.82. The standard InChI is InChI=1S/C12H20N2O3/c1-14(10-4-2-3-9(10)7-13)12(15)11-8-16-5-6-17-11/h8-10H,2-7,13H2,1H3. The molecule has 0 aromatic heterocycles. The van der Waals surface area contributed by atoms with Crippen molar-refractivity contribution in [1.29, 1.82) is 0 Å². The van der Waals surface area contributed by atoms with Crippen molar-refractivity contribution in [3.8, 4) is 0 Å². The van der Waals surface area contributed by atoms with E-state index in [2.05, 4.69) is 0 Å². The van der Waals surface area contributed by atoms with E-state index in [4.69, 9.17) is 15.2 Å². The number of hydrogen-bond donors (Lipinski definition) is 1. The number of ether oxygens (including phenoxy) is 2. The van der Waals surface area contributed by atoms with Gasteiger partial charge < -0.3 is 20.1 Å². The molecule has 1 saturated carbocycles. The summed E-state index contributed by atoms with van der Waals surface area (Å²) in [5.74, 6) is 0.616. The molecule has 1 fully saturated rings. The van der Waals surface area contributed by atoms with Gasteiger partial charge in [0.2, 0.25) is 5.76 Å². The Morgan fingerprint density at radius 2 is 2.35 bits per heavy atom. The van der Waals surface area contributed by atoms with Gasteiger partial charge in [-0.25, -0.2) is 0 Å². The fourth-order valence-corrected chi connectivity index (χ4v) is 2.61. The van der Waals surface area contributed by atoms with Crippen LogP contribution in [0.15, 0.2) is 12.0 Å². The van der Waals surface area contributed by atoms with Gasteiger partial charge in [-0.1, -0.05) is 6.42 Å². The third-order valence-electron chi connectivity index (χ3n) is 3.60. The molecule has 5 nitrogen and oxygen atoms in total. The van der Waals surface area contributed by atoms with Gasteiger partial charge in [-0.05, 0) is 25.3 Å². The highest BCUT2D eigenvalue weighted by Crippen LogP contribution is 2.29. The van der Waals surface area contributed by atoms with Crippen molar-refractivity contribution < 1.29 is 14.3 Å². The predicted octanol–water partition coefficient (Wildman–Crippen LogP) is 0.460. The first-order chi connectivity index (χ1) is 8.24. The summed E-state index contributed by atoms with van der Waals surface area (Å²) >= 11 is 0. The lowest BCUT2D eigenvalue weighted by Gasteiger charge is -2.30. The number of rotatable bonds is 3. The number of likely N-dealkylation sites (N-methyl/N-ethyl adjacent to an activating group) is 1. The third-order valence-corrected chi connectivity index (χ3v) is 3.60. The first-order valence-electron chi connectivity index (χ1n) is 6.16. The van der Waals surface area contributed by atoms with E-state index >= 15 is 0 Å². The lowest BCUT2D eigenvalue weighted by atomic mass is 10.0. The van der Waals surface area contributed by atoms with Gasteiger partial charge in [-0.15, -0.1) is 0 Å². The maximum atomic E-state index is 12.2. The first-order valence-corrected chi connectivity index (χ1v) is 6.16. The Morgan fingerprint density at radius 3 is 3.00 bits per heavy atom. The average Bonchev–Trinajstić information content (AvgIpc) is 2.86. The van der Waals surface area contributed by atoms with Crippen LogP contribution in [0.4, 0.5) is 0 Å². The average molecular weight is 240 g/mol. The molecule has 2 atom stereocenters. The van der Waals surface area contributed by atoms with Crippen LogP contribution in [0.1, 0.15) is 19.3 Å². The number of carbonyl (C=O) groups is 1. The van der Waals surface area contributed by atoms with Crippen LogP contribution < -0.4 is 5.73 Å². The predicted molar refractivity (Wildman–Crippen MR) is 62.9 cm³/mol. The molecule has 17 heavy (non-hydrogen) atoms. The van der Waals surface area contributed by atoms with Gasteiger partial charge in [-0.3, -0.25) is 4.79 Å². The van der Waals surface area contributed by atoms with E-state index in [-0.39, 0.29) is 11.9 Å². The SMILES string of the molecule is CN(C(=O)C1=COCCO1)C1CCCC1CN. The molecule has 2 rings (SSSR count). The Labute approximate surface area is 102 Å². The molecule has 0 bridgehead atoms. The minimum atomic E-state index is -0.102. The molecule has 2 N–H and O–H groups in total. The summed E-state index contributed by atoms with van der Waals surface area (Å²) < 4.78 is 10.4. The van der Waals surface area contributed by atoms with Gasteiger partial charge in [0.25, 0.3) is 5.91 Å². The van der Waals surface area contributed by atoms with Crippen LogP contribution in [0, 0.1) is 5.92 Å². The Kier molecular flexibility index (Phi) is 3.89. The molecule has 0 radical (unpaired) electrons. The van der Waals surface area contributed by atoms with Gasteiger partial charge in [-0.2, -0.15) is 0 Å². The lowest BCUT2D eigenvalue weighted by Crippen LogP contribution is -2.42. The Hall–Kier alpha value is -1.23. The summed E-state index contributed by atoms with van der Waals surface area (Å²) in [5, 5.41) is 0. The maximum absolute atomic E-state index is 12.2. The fourth-order valence-electron chi connectivity index (χ4n) is 2.61. The van der Waals surface area contributed by atoms with Gasteiger partial charge >= 0.3 is 0 Å². The summed E-state index contributed by atoms with van der Waals surface area (Å²) in [6, 6.07) is 0.235. The molecule has 1 amide bonds. The summed E-state index contributed by atoms with van der Waals surface area (Å²) in [6.07, 6.45) is 4.68. The molecule has 1 heterocycles. The zero-order valence-corrected chi connectivity index (χ0v) is 10.2. The topological polar surface area (TPSA) is 64.8 Å². The number of nitrogens with zero attached hydrogens (tertiary/aromatic N) is 1. The van der Waals surface area contributed by atoms with E-state index in [1.165, 1.54) is 6.26 Å². The second-order valence-electron chi connectivity index (χ2n) is 4.61. The minimum Gasteiger partial charge on any atom is -0.494 e. The second-order valence-corrected chi connectivity index (χ2v) is 4.61. The van der Waals surface area contributed by atoms with Gasteiger partial charge in [0.1, 0.15) is 19.5 Å². The van der Waals surface area contributed by atoms with Gasteiger partial charge in [0, 0.05) is 13.1 Å². The van der Waals surface area contributed by atoms with Crippen LogP contribution in [-0.2, 0) is 14.3 Å². The van der Waals surface area contributed by atoms with Crippen LogP contribution in [0.5, 0.6) is 0 Å². The lowest BCUT2D eigenvalue weighted by molar-refractivity contribution is -0.133. The smallest absolute Gasteiger partial charge is 0.292 e. The minimum absolute atomic E-state index is 0.102. The monoisotopic (exact) mass is 240 g/mol.